The van der Waals surface area contributed by atoms with E-state index in [9.17, 15) is 0 Å². The standard InChI is InChI=1S/C9H17N3O/c1-8-6-9(13-11-8)7-12(3)5-4-10-2/h6,10H,4-5,7H2,1-3H3. The van der Waals surface area contributed by atoms with E-state index in [0.29, 0.717) is 0 Å². The summed E-state index contributed by atoms with van der Waals surface area (Å²) in [6.07, 6.45) is 0. The molecule has 0 aliphatic rings. The second kappa shape index (κ2) is 4.99. The van der Waals surface area contributed by atoms with Crippen LogP contribution in [-0.2, 0) is 6.54 Å². The molecule has 1 heterocycles. The number of nitrogens with zero attached hydrogens (tertiary/aromatic N) is 2. The lowest BCUT2D eigenvalue weighted by Gasteiger charge is -2.13. The van der Waals surface area contributed by atoms with Gasteiger partial charge in [0, 0.05) is 19.2 Å². The highest BCUT2D eigenvalue weighted by molar-refractivity contribution is 5.02. The van der Waals surface area contributed by atoms with E-state index >= 15 is 0 Å². The maximum atomic E-state index is 5.10. The van der Waals surface area contributed by atoms with E-state index in [1.807, 2.05) is 20.0 Å². The van der Waals surface area contributed by atoms with Crippen molar-refractivity contribution in [3.63, 3.8) is 0 Å². The first-order valence-corrected chi connectivity index (χ1v) is 4.47. The van der Waals surface area contributed by atoms with Crippen molar-refractivity contribution in [3.05, 3.63) is 17.5 Å². The summed E-state index contributed by atoms with van der Waals surface area (Å²) in [5.41, 5.74) is 0.942. The van der Waals surface area contributed by atoms with Crippen LogP contribution < -0.4 is 5.32 Å². The van der Waals surface area contributed by atoms with Gasteiger partial charge in [-0.25, -0.2) is 0 Å². The van der Waals surface area contributed by atoms with Gasteiger partial charge in [0.1, 0.15) is 0 Å². The summed E-state index contributed by atoms with van der Waals surface area (Å²) < 4.78 is 5.10. The van der Waals surface area contributed by atoms with E-state index < -0.39 is 0 Å². The molecule has 0 aliphatic heterocycles. The predicted octanol–water partition coefficient (Wildman–Crippen LogP) is 0.634. The van der Waals surface area contributed by atoms with Gasteiger partial charge in [0.15, 0.2) is 5.76 Å². The lowest BCUT2D eigenvalue weighted by Crippen LogP contribution is -2.26. The molecule has 74 valence electrons. The van der Waals surface area contributed by atoms with Crippen LogP contribution in [-0.4, -0.2) is 37.2 Å². The Balaban J connectivity index is 2.31. The van der Waals surface area contributed by atoms with E-state index in [1.165, 1.54) is 0 Å². The van der Waals surface area contributed by atoms with Gasteiger partial charge in [0.25, 0.3) is 0 Å². The van der Waals surface area contributed by atoms with E-state index in [1.54, 1.807) is 0 Å². The number of aromatic nitrogens is 1. The topological polar surface area (TPSA) is 41.3 Å². The van der Waals surface area contributed by atoms with Gasteiger partial charge in [-0.3, -0.25) is 4.90 Å². The third kappa shape index (κ3) is 3.57. The van der Waals surface area contributed by atoms with Crippen LogP contribution in [0.25, 0.3) is 0 Å². The number of rotatable bonds is 5. The highest BCUT2D eigenvalue weighted by Gasteiger charge is 2.03. The summed E-state index contributed by atoms with van der Waals surface area (Å²) in [4.78, 5) is 2.19. The molecule has 1 rings (SSSR count). The maximum absolute atomic E-state index is 5.10. The fraction of sp³-hybridized carbons (Fsp3) is 0.667. The summed E-state index contributed by atoms with van der Waals surface area (Å²) in [6.45, 7) is 4.75. The lowest BCUT2D eigenvalue weighted by molar-refractivity contribution is 0.273. The van der Waals surface area contributed by atoms with Crippen molar-refractivity contribution < 1.29 is 4.52 Å². The van der Waals surface area contributed by atoms with E-state index in [4.69, 9.17) is 4.52 Å². The van der Waals surface area contributed by atoms with Crippen LogP contribution in [0.1, 0.15) is 11.5 Å². The van der Waals surface area contributed by atoms with Gasteiger partial charge in [-0.15, -0.1) is 0 Å². The smallest absolute Gasteiger partial charge is 0.150 e. The molecule has 0 aromatic carbocycles. The molecular weight excluding hydrogens is 166 g/mol. The average molecular weight is 183 g/mol. The van der Waals surface area contributed by atoms with Crippen LogP contribution in [0.3, 0.4) is 0 Å². The minimum Gasteiger partial charge on any atom is -0.360 e. The Bertz CT molecular complexity index is 247. The molecule has 4 heteroatoms. The van der Waals surface area contributed by atoms with Gasteiger partial charge in [-0.05, 0) is 21.0 Å². The van der Waals surface area contributed by atoms with Gasteiger partial charge in [0.05, 0.1) is 12.2 Å². The first-order valence-electron chi connectivity index (χ1n) is 4.47. The van der Waals surface area contributed by atoms with Crippen molar-refractivity contribution >= 4 is 0 Å². The second-order valence-corrected chi connectivity index (χ2v) is 3.28. The van der Waals surface area contributed by atoms with Gasteiger partial charge in [-0.1, -0.05) is 5.16 Å². The van der Waals surface area contributed by atoms with Crippen molar-refractivity contribution in [2.24, 2.45) is 0 Å². The summed E-state index contributed by atoms with van der Waals surface area (Å²) in [6, 6.07) is 1.97. The Morgan fingerprint density at radius 1 is 1.62 bits per heavy atom. The molecule has 0 radical (unpaired) electrons. The van der Waals surface area contributed by atoms with Crippen LogP contribution in [0.4, 0.5) is 0 Å². The van der Waals surface area contributed by atoms with Gasteiger partial charge < -0.3 is 9.84 Å². The van der Waals surface area contributed by atoms with Crippen molar-refractivity contribution in [1.29, 1.82) is 0 Å². The zero-order chi connectivity index (χ0) is 9.68. The third-order valence-corrected chi connectivity index (χ3v) is 1.85. The normalized spacial score (nSPS) is 11.1. The monoisotopic (exact) mass is 183 g/mol. The van der Waals surface area contributed by atoms with Crippen LogP contribution in [0.5, 0.6) is 0 Å². The summed E-state index contributed by atoms with van der Waals surface area (Å²) in [5, 5.41) is 6.93. The molecule has 0 atom stereocenters. The van der Waals surface area contributed by atoms with E-state index in [-0.39, 0.29) is 0 Å². The fourth-order valence-electron chi connectivity index (χ4n) is 1.14. The molecule has 0 fully saturated rings. The van der Waals surface area contributed by atoms with Gasteiger partial charge in [0.2, 0.25) is 0 Å². The predicted molar refractivity (Wildman–Crippen MR) is 51.5 cm³/mol. The Kier molecular flexibility index (Phi) is 3.92. The molecule has 1 aromatic rings. The van der Waals surface area contributed by atoms with E-state index in [0.717, 1.165) is 31.1 Å². The molecule has 0 bridgehead atoms. The highest BCUT2D eigenvalue weighted by atomic mass is 16.5. The molecule has 13 heavy (non-hydrogen) atoms. The number of hydrogen-bond donors (Lipinski definition) is 1. The van der Waals surface area contributed by atoms with Crippen molar-refractivity contribution in [2.45, 2.75) is 13.5 Å². The van der Waals surface area contributed by atoms with Crippen molar-refractivity contribution in [2.75, 3.05) is 27.2 Å². The number of nitrogens with one attached hydrogen (secondary N) is 1. The third-order valence-electron chi connectivity index (χ3n) is 1.85. The Hall–Kier alpha value is -0.870. The molecule has 1 aromatic heterocycles. The Labute approximate surface area is 78.9 Å². The van der Waals surface area contributed by atoms with Gasteiger partial charge >= 0.3 is 0 Å². The van der Waals surface area contributed by atoms with Crippen molar-refractivity contribution in [3.8, 4) is 0 Å². The van der Waals surface area contributed by atoms with Crippen LogP contribution in [0.2, 0.25) is 0 Å². The zero-order valence-electron chi connectivity index (χ0n) is 8.50. The number of likely N-dealkylation sites (N-methyl/N-ethyl adjacent to an activating group) is 2. The van der Waals surface area contributed by atoms with Crippen molar-refractivity contribution in [1.82, 2.24) is 15.4 Å². The number of aryl methyl sites for hydroxylation is 1. The SMILES string of the molecule is CNCCN(C)Cc1cc(C)no1. The highest BCUT2D eigenvalue weighted by Crippen LogP contribution is 2.04. The molecule has 0 unspecified atom stereocenters. The maximum Gasteiger partial charge on any atom is 0.150 e. The largest absolute Gasteiger partial charge is 0.360 e. The Morgan fingerprint density at radius 3 is 2.92 bits per heavy atom. The zero-order valence-corrected chi connectivity index (χ0v) is 8.50. The van der Waals surface area contributed by atoms with Crippen LogP contribution in [0, 0.1) is 6.92 Å². The molecule has 0 saturated carbocycles. The minimum absolute atomic E-state index is 0.822. The molecule has 4 nitrogen and oxygen atoms in total. The van der Waals surface area contributed by atoms with E-state index in [2.05, 4.69) is 22.4 Å². The summed E-state index contributed by atoms with van der Waals surface area (Å²) >= 11 is 0. The van der Waals surface area contributed by atoms with Crippen LogP contribution in [0.15, 0.2) is 10.6 Å². The minimum atomic E-state index is 0.822. The number of hydrogen-bond acceptors (Lipinski definition) is 4. The quantitative estimate of drug-likeness (QED) is 0.727. The molecule has 0 aliphatic carbocycles. The second-order valence-electron chi connectivity index (χ2n) is 3.28. The van der Waals surface area contributed by atoms with Gasteiger partial charge in [-0.2, -0.15) is 0 Å². The molecule has 0 saturated heterocycles. The summed E-state index contributed by atoms with van der Waals surface area (Å²) in [7, 11) is 4.02. The summed E-state index contributed by atoms with van der Waals surface area (Å²) in [5.74, 6) is 0.927. The first-order chi connectivity index (χ1) is 6.22. The molecule has 0 amide bonds. The van der Waals surface area contributed by atoms with Crippen LogP contribution >= 0.6 is 0 Å². The molecule has 0 spiro atoms. The average Bonchev–Trinajstić information content (AvgIpc) is 2.48. The first kappa shape index (κ1) is 10.2. The Morgan fingerprint density at radius 2 is 2.38 bits per heavy atom. The fourth-order valence-corrected chi connectivity index (χ4v) is 1.14. The molecular formula is C9H17N3O. The lowest BCUT2D eigenvalue weighted by atomic mass is 10.3. The molecule has 1 N–H and O–H groups in total.